The lowest BCUT2D eigenvalue weighted by atomic mass is 10.2. The topological polar surface area (TPSA) is 105 Å². The maximum absolute atomic E-state index is 12.1. The molecule has 1 amide bonds. The van der Waals surface area contributed by atoms with Crippen LogP contribution in [-0.4, -0.2) is 31.9 Å². The maximum Gasteiger partial charge on any atom is 0.335 e. The number of hydrogen-bond donors (Lipinski definition) is 2. The molecule has 8 heteroatoms. The zero-order valence-corrected chi connectivity index (χ0v) is 12.2. The van der Waals surface area contributed by atoms with Crippen LogP contribution in [0.15, 0.2) is 30.6 Å². The number of carbonyl (C=O) groups is 2. The molecule has 0 bridgehead atoms. The Morgan fingerprint density at radius 1 is 1.18 bits per heavy atom. The van der Waals surface area contributed by atoms with Crippen molar-refractivity contribution in [2.75, 3.05) is 5.32 Å². The van der Waals surface area contributed by atoms with Crippen molar-refractivity contribution in [2.45, 2.75) is 6.92 Å². The number of anilines is 1. The number of carboxylic acids is 1. The van der Waals surface area contributed by atoms with Crippen LogP contribution in [0.2, 0.25) is 0 Å². The van der Waals surface area contributed by atoms with Crippen molar-refractivity contribution in [2.24, 2.45) is 0 Å². The highest BCUT2D eigenvalue weighted by Gasteiger charge is 2.12. The number of nitrogens with zero attached hydrogens (tertiary/aromatic N) is 3. The van der Waals surface area contributed by atoms with Gasteiger partial charge in [0.05, 0.1) is 21.3 Å². The number of hydrogen-bond acceptors (Lipinski definition) is 6. The van der Waals surface area contributed by atoms with Crippen LogP contribution >= 0.6 is 11.3 Å². The molecule has 0 aliphatic heterocycles. The first-order valence-electron chi connectivity index (χ1n) is 6.27. The number of benzene rings is 1. The number of amides is 1. The zero-order chi connectivity index (χ0) is 15.7. The fraction of sp³-hybridized carbons (Fsp3) is 0.0714. The summed E-state index contributed by atoms with van der Waals surface area (Å²) in [6.45, 7) is 1.73. The highest BCUT2D eigenvalue weighted by atomic mass is 32.1. The lowest BCUT2D eigenvalue weighted by Gasteiger charge is -2.00. The fourth-order valence-corrected chi connectivity index (χ4v) is 2.69. The van der Waals surface area contributed by atoms with E-state index in [1.807, 2.05) is 0 Å². The van der Waals surface area contributed by atoms with Gasteiger partial charge >= 0.3 is 5.97 Å². The molecule has 0 atom stereocenters. The number of fused-ring (bicyclic) bond motifs is 1. The van der Waals surface area contributed by atoms with Crippen molar-refractivity contribution in [1.29, 1.82) is 0 Å². The van der Waals surface area contributed by atoms with E-state index in [4.69, 9.17) is 5.11 Å². The van der Waals surface area contributed by atoms with E-state index in [1.165, 1.54) is 35.9 Å². The summed E-state index contributed by atoms with van der Waals surface area (Å²) >= 11 is 1.21. The number of thiazole rings is 1. The minimum Gasteiger partial charge on any atom is -0.478 e. The van der Waals surface area contributed by atoms with Crippen molar-refractivity contribution in [1.82, 2.24) is 15.0 Å². The van der Waals surface area contributed by atoms with Crippen molar-refractivity contribution < 1.29 is 14.7 Å². The Hall–Kier alpha value is -2.87. The summed E-state index contributed by atoms with van der Waals surface area (Å²) in [7, 11) is 0. The number of nitrogens with one attached hydrogen (secondary N) is 1. The number of aromatic nitrogens is 3. The van der Waals surface area contributed by atoms with Gasteiger partial charge in [-0.25, -0.2) is 19.7 Å². The van der Waals surface area contributed by atoms with E-state index in [9.17, 15) is 9.59 Å². The first-order valence-corrected chi connectivity index (χ1v) is 7.08. The molecule has 22 heavy (non-hydrogen) atoms. The van der Waals surface area contributed by atoms with E-state index in [0.29, 0.717) is 26.7 Å². The molecule has 0 aliphatic rings. The molecular formula is C14H10N4O3S. The Bertz CT molecular complexity index is 873. The van der Waals surface area contributed by atoms with Crippen LogP contribution in [0.3, 0.4) is 0 Å². The molecule has 0 saturated carbocycles. The van der Waals surface area contributed by atoms with Crippen LogP contribution < -0.4 is 5.32 Å². The molecule has 0 fully saturated rings. The van der Waals surface area contributed by atoms with Gasteiger partial charge in [0.1, 0.15) is 5.82 Å². The van der Waals surface area contributed by atoms with E-state index in [2.05, 4.69) is 20.3 Å². The van der Waals surface area contributed by atoms with Gasteiger partial charge in [0.2, 0.25) is 0 Å². The second kappa shape index (κ2) is 5.49. The van der Waals surface area contributed by atoms with Crippen molar-refractivity contribution in [3.05, 3.63) is 47.5 Å². The largest absolute Gasteiger partial charge is 0.478 e. The number of aryl methyl sites for hydroxylation is 1. The van der Waals surface area contributed by atoms with Crippen LogP contribution in [0, 0.1) is 6.92 Å². The molecule has 0 saturated heterocycles. The van der Waals surface area contributed by atoms with Gasteiger partial charge in [-0.15, -0.1) is 0 Å². The summed E-state index contributed by atoms with van der Waals surface area (Å²) in [5.74, 6) is -0.784. The second-order valence-electron chi connectivity index (χ2n) is 4.48. The summed E-state index contributed by atoms with van der Waals surface area (Å²) in [6.07, 6.45) is 2.88. The van der Waals surface area contributed by atoms with Crippen LogP contribution in [-0.2, 0) is 0 Å². The highest BCUT2D eigenvalue weighted by Crippen LogP contribution is 2.27. The third-order valence-electron chi connectivity index (χ3n) is 2.90. The number of rotatable bonds is 3. The Balaban J connectivity index is 1.86. The Kier molecular flexibility index (Phi) is 3.51. The Morgan fingerprint density at radius 2 is 1.91 bits per heavy atom. The molecule has 0 spiro atoms. The molecule has 2 N–H and O–H groups in total. The molecule has 110 valence electrons. The van der Waals surface area contributed by atoms with Crippen LogP contribution in [0.5, 0.6) is 0 Å². The van der Waals surface area contributed by atoms with E-state index in [-0.39, 0.29) is 11.5 Å². The molecule has 2 heterocycles. The van der Waals surface area contributed by atoms with Gasteiger partial charge in [0, 0.05) is 12.4 Å². The molecule has 7 nitrogen and oxygen atoms in total. The number of carboxylic acid groups (broad SMARTS) is 1. The SMILES string of the molecule is Cc1ncc(C(=O)Nc2nc3ccc(C(=O)O)cc3s2)cn1. The third-order valence-corrected chi connectivity index (χ3v) is 3.83. The Morgan fingerprint density at radius 3 is 2.59 bits per heavy atom. The third kappa shape index (κ3) is 2.77. The lowest BCUT2D eigenvalue weighted by molar-refractivity contribution is 0.0697. The van der Waals surface area contributed by atoms with Gasteiger partial charge in [-0.05, 0) is 25.1 Å². The van der Waals surface area contributed by atoms with E-state index in [1.54, 1.807) is 13.0 Å². The smallest absolute Gasteiger partial charge is 0.335 e. The van der Waals surface area contributed by atoms with Crippen molar-refractivity contribution in [3.63, 3.8) is 0 Å². The summed E-state index contributed by atoms with van der Waals surface area (Å²) in [5.41, 5.74) is 1.14. The molecular weight excluding hydrogens is 304 g/mol. The van der Waals surface area contributed by atoms with E-state index < -0.39 is 5.97 Å². The predicted octanol–water partition coefficient (Wildman–Crippen LogP) is 2.35. The average Bonchev–Trinajstić information content (AvgIpc) is 2.88. The van der Waals surface area contributed by atoms with Gasteiger partial charge < -0.3 is 5.11 Å². The number of aromatic carboxylic acids is 1. The maximum atomic E-state index is 12.1. The van der Waals surface area contributed by atoms with Crippen molar-refractivity contribution >= 4 is 38.6 Å². The first-order chi connectivity index (χ1) is 10.5. The molecule has 3 rings (SSSR count). The van der Waals surface area contributed by atoms with Gasteiger partial charge in [-0.3, -0.25) is 10.1 Å². The van der Waals surface area contributed by atoms with Gasteiger partial charge in [-0.1, -0.05) is 11.3 Å². The van der Waals surface area contributed by atoms with Gasteiger partial charge in [0.15, 0.2) is 5.13 Å². The first kappa shape index (κ1) is 14.1. The van der Waals surface area contributed by atoms with Gasteiger partial charge in [-0.2, -0.15) is 0 Å². The fourth-order valence-electron chi connectivity index (χ4n) is 1.79. The monoisotopic (exact) mass is 314 g/mol. The lowest BCUT2D eigenvalue weighted by Crippen LogP contribution is -2.12. The molecule has 0 aliphatic carbocycles. The van der Waals surface area contributed by atoms with Crippen LogP contribution in [0.1, 0.15) is 26.5 Å². The van der Waals surface area contributed by atoms with Crippen LogP contribution in [0.4, 0.5) is 5.13 Å². The number of carbonyl (C=O) groups excluding carboxylic acids is 1. The van der Waals surface area contributed by atoms with E-state index in [0.717, 1.165) is 0 Å². The molecule has 3 aromatic rings. The molecule has 1 aromatic carbocycles. The normalized spacial score (nSPS) is 10.6. The van der Waals surface area contributed by atoms with E-state index >= 15 is 0 Å². The van der Waals surface area contributed by atoms with Crippen LogP contribution in [0.25, 0.3) is 10.2 Å². The average molecular weight is 314 g/mol. The molecule has 0 unspecified atom stereocenters. The summed E-state index contributed by atoms with van der Waals surface area (Å²) in [4.78, 5) is 35.2. The molecule has 0 radical (unpaired) electrons. The van der Waals surface area contributed by atoms with Crippen molar-refractivity contribution in [3.8, 4) is 0 Å². The molecule has 2 aromatic heterocycles. The summed E-state index contributed by atoms with van der Waals surface area (Å²) < 4.78 is 0.690. The summed E-state index contributed by atoms with van der Waals surface area (Å²) in [6, 6.07) is 4.61. The minimum atomic E-state index is -1.00. The standard InChI is InChI=1S/C14H10N4O3S/c1-7-15-5-9(6-16-7)12(19)18-14-17-10-3-2-8(13(20)21)4-11(10)22-14/h2-6H,1H3,(H,20,21)(H,17,18,19). The minimum absolute atomic E-state index is 0.181. The highest BCUT2D eigenvalue weighted by molar-refractivity contribution is 7.22. The quantitative estimate of drug-likeness (QED) is 0.768. The Labute approximate surface area is 128 Å². The van der Waals surface area contributed by atoms with Gasteiger partial charge in [0.25, 0.3) is 5.91 Å². The zero-order valence-electron chi connectivity index (χ0n) is 11.4. The summed E-state index contributed by atoms with van der Waals surface area (Å²) in [5, 5.41) is 12.0. The second-order valence-corrected chi connectivity index (χ2v) is 5.51. The predicted molar refractivity (Wildman–Crippen MR) is 81.3 cm³/mol.